The van der Waals surface area contributed by atoms with E-state index in [4.69, 9.17) is 11.6 Å². The van der Waals surface area contributed by atoms with Gasteiger partial charge in [0.1, 0.15) is 4.21 Å². The highest BCUT2D eigenvalue weighted by atomic mass is 35.5. The summed E-state index contributed by atoms with van der Waals surface area (Å²) in [6, 6.07) is 6.09. The molecule has 164 valence electrons. The number of carbonyl (C=O) groups excluding carboxylic acids is 1. The Kier molecular flexibility index (Phi) is 7.08. The van der Waals surface area contributed by atoms with E-state index in [1.807, 2.05) is 0 Å². The van der Waals surface area contributed by atoms with E-state index in [0.29, 0.717) is 25.9 Å². The molecular formula is C18H19ClF3N3O3S2. The average molecular weight is 482 g/mol. The molecule has 6 nitrogen and oxygen atoms in total. The summed E-state index contributed by atoms with van der Waals surface area (Å²) < 4.78 is 66.9. The number of halogens is 4. The molecule has 0 atom stereocenters. The molecule has 0 radical (unpaired) electrons. The lowest BCUT2D eigenvalue weighted by Gasteiger charge is -2.31. The number of anilines is 1. The first-order valence-corrected chi connectivity index (χ1v) is 11.7. The highest BCUT2D eigenvalue weighted by Crippen LogP contribution is 2.36. The second-order valence-electron chi connectivity index (χ2n) is 6.84. The van der Waals surface area contributed by atoms with Crippen molar-refractivity contribution in [1.82, 2.24) is 9.62 Å². The molecule has 1 aliphatic rings. The van der Waals surface area contributed by atoms with Gasteiger partial charge in [0.25, 0.3) is 0 Å². The molecule has 0 bridgehead atoms. The molecule has 1 saturated heterocycles. The van der Waals surface area contributed by atoms with Gasteiger partial charge in [0.15, 0.2) is 0 Å². The van der Waals surface area contributed by atoms with Crippen molar-refractivity contribution in [2.24, 2.45) is 0 Å². The van der Waals surface area contributed by atoms with Crippen molar-refractivity contribution in [3.8, 4) is 0 Å². The Balaban J connectivity index is 1.53. The van der Waals surface area contributed by atoms with Gasteiger partial charge < -0.3 is 5.32 Å². The molecule has 0 saturated carbocycles. The Morgan fingerprint density at radius 2 is 1.93 bits per heavy atom. The number of benzene rings is 1. The summed E-state index contributed by atoms with van der Waals surface area (Å²) in [4.78, 5) is 14.0. The van der Waals surface area contributed by atoms with Gasteiger partial charge in [-0.05, 0) is 42.5 Å². The number of likely N-dealkylation sites (tertiary alicyclic amines) is 1. The summed E-state index contributed by atoms with van der Waals surface area (Å²) in [5.74, 6) is -0.583. The van der Waals surface area contributed by atoms with Gasteiger partial charge in [-0.25, -0.2) is 13.1 Å². The van der Waals surface area contributed by atoms with Crippen LogP contribution in [0.3, 0.4) is 0 Å². The van der Waals surface area contributed by atoms with Gasteiger partial charge in [-0.15, -0.1) is 11.3 Å². The van der Waals surface area contributed by atoms with Crippen LogP contribution in [0.25, 0.3) is 0 Å². The van der Waals surface area contributed by atoms with Crippen LogP contribution in [0.2, 0.25) is 5.02 Å². The highest BCUT2D eigenvalue weighted by molar-refractivity contribution is 7.91. The Bertz CT molecular complexity index is 990. The quantitative estimate of drug-likeness (QED) is 0.658. The van der Waals surface area contributed by atoms with Crippen LogP contribution in [0.1, 0.15) is 18.4 Å². The fourth-order valence-electron chi connectivity index (χ4n) is 3.16. The third-order valence-corrected chi connectivity index (χ3v) is 7.75. The van der Waals surface area contributed by atoms with Crippen molar-refractivity contribution in [2.75, 3.05) is 25.0 Å². The smallest absolute Gasteiger partial charge is 0.324 e. The monoisotopic (exact) mass is 481 g/mol. The van der Waals surface area contributed by atoms with E-state index < -0.39 is 27.7 Å². The summed E-state index contributed by atoms with van der Waals surface area (Å²) in [6.45, 7) is 0.792. The van der Waals surface area contributed by atoms with Crippen LogP contribution in [0.4, 0.5) is 18.9 Å². The molecule has 1 aliphatic heterocycles. The van der Waals surface area contributed by atoms with Crippen LogP contribution >= 0.6 is 22.9 Å². The zero-order chi connectivity index (χ0) is 21.9. The first kappa shape index (κ1) is 23.0. The number of rotatable bonds is 6. The third-order valence-electron chi connectivity index (χ3n) is 4.60. The summed E-state index contributed by atoms with van der Waals surface area (Å²) in [6.07, 6.45) is -3.66. The molecule has 0 unspecified atom stereocenters. The number of nitrogens with one attached hydrogen (secondary N) is 2. The lowest BCUT2D eigenvalue weighted by atomic mass is 10.1. The molecule has 0 spiro atoms. The highest BCUT2D eigenvalue weighted by Gasteiger charge is 2.34. The summed E-state index contributed by atoms with van der Waals surface area (Å²) >= 11 is 6.77. The lowest BCUT2D eigenvalue weighted by molar-refractivity contribution is -0.137. The number of piperidine rings is 1. The van der Waals surface area contributed by atoms with E-state index in [0.717, 1.165) is 23.5 Å². The molecule has 1 aromatic carbocycles. The normalized spacial score (nSPS) is 16.5. The van der Waals surface area contributed by atoms with E-state index in [-0.39, 0.29) is 27.5 Å². The second-order valence-corrected chi connectivity index (χ2v) is 10.2. The van der Waals surface area contributed by atoms with E-state index >= 15 is 0 Å². The Morgan fingerprint density at radius 3 is 2.53 bits per heavy atom. The number of hydrogen-bond donors (Lipinski definition) is 2. The van der Waals surface area contributed by atoms with Crippen molar-refractivity contribution in [3.05, 3.63) is 46.3 Å². The van der Waals surface area contributed by atoms with Crippen LogP contribution in [-0.2, 0) is 21.0 Å². The maximum absolute atomic E-state index is 13.1. The van der Waals surface area contributed by atoms with Crippen molar-refractivity contribution >= 4 is 44.6 Å². The maximum Gasteiger partial charge on any atom is 0.418 e. The first-order valence-electron chi connectivity index (χ1n) is 8.99. The molecule has 2 heterocycles. The Morgan fingerprint density at radius 1 is 1.23 bits per heavy atom. The second kappa shape index (κ2) is 9.23. The van der Waals surface area contributed by atoms with Gasteiger partial charge in [-0.2, -0.15) is 13.2 Å². The van der Waals surface area contributed by atoms with Gasteiger partial charge in [0.05, 0.1) is 17.8 Å². The topological polar surface area (TPSA) is 78.5 Å². The minimum absolute atomic E-state index is 0.0765. The summed E-state index contributed by atoms with van der Waals surface area (Å²) in [5.41, 5.74) is -1.36. The SMILES string of the molecule is O=C(CN1CCC(NS(=O)(=O)c2cccs2)CC1)Nc1ccc(Cl)cc1C(F)(F)F. The molecule has 3 rings (SSSR count). The van der Waals surface area contributed by atoms with Crippen LogP contribution in [0, 0.1) is 0 Å². The van der Waals surface area contributed by atoms with E-state index in [2.05, 4.69) is 10.0 Å². The molecule has 1 fully saturated rings. The van der Waals surface area contributed by atoms with E-state index in [1.54, 1.807) is 16.3 Å². The van der Waals surface area contributed by atoms with Gasteiger partial charge in [-0.3, -0.25) is 9.69 Å². The Hall–Kier alpha value is -1.66. The zero-order valence-electron chi connectivity index (χ0n) is 15.6. The van der Waals surface area contributed by atoms with E-state index in [1.165, 1.54) is 12.1 Å². The van der Waals surface area contributed by atoms with Crippen LogP contribution in [-0.4, -0.2) is 44.9 Å². The molecule has 12 heteroatoms. The fraction of sp³-hybridized carbons (Fsp3) is 0.389. The van der Waals surface area contributed by atoms with Crippen LogP contribution in [0.5, 0.6) is 0 Å². The maximum atomic E-state index is 13.1. The largest absolute Gasteiger partial charge is 0.418 e. The standard InChI is InChI=1S/C18H19ClF3N3O3S2/c19-12-3-4-15(14(10-12)18(20,21)22)23-16(26)11-25-7-5-13(6-8-25)24-30(27,28)17-2-1-9-29-17/h1-4,9-10,13,24H,5-8,11H2,(H,23,26). The number of hydrogen-bond acceptors (Lipinski definition) is 5. The number of sulfonamides is 1. The van der Waals surface area contributed by atoms with Crippen molar-refractivity contribution < 1.29 is 26.4 Å². The minimum atomic E-state index is -4.65. The molecule has 1 amide bonds. The molecule has 0 aliphatic carbocycles. The average Bonchev–Trinajstić information content (AvgIpc) is 3.19. The lowest BCUT2D eigenvalue weighted by Crippen LogP contribution is -2.46. The molecule has 2 aromatic rings. The summed E-state index contributed by atoms with van der Waals surface area (Å²) in [5, 5.41) is 3.89. The van der Waals surface area contributed by atoms with E-state index in [9.17, 15) is 26.4 Å². The fourth-order valence-corrected chi connectivity index (χ4v) is 5.64. The van der Waals surface area contributed by atoms with Crippen molar-refractivity contribution in [2.45, 2.75) is 29.3 Å². The predicted molar refractivity (Wildman–Crippen MR) is 109 cm³/mol. The van der Waals surface area contributed by atoms with Crippen molar-refractivity contribution in [1.29, 1.82) is 0 Å². The zero-order valence-corrected chi connectivity index (χ0v) is 18.0. The van der Waals surface area contributed by atoms with Gasteiger partial charge >= 0.3 is 6.18 Å². The molecule has 2 N–H and O–H groups in total. The number of thiophene rings is 1. The first-order chi connectivity index (χ1) is 14.0. The number of carbonyl (C=O) groups is 1. The molecular weight excluding hydrogens is 463 g/mol. The minimum Gasteiger partial charge on any atom is -0.324 e. The van der Waals surface area contributed by atoms with Crippen molar-refractivity contribution in [3.63, 3.8) is 0 Å². The van der Waals surface area contributed by atoms with Gasteiger partial charge in [0, 0.05) is 24.2 Å². The van der Waals surface area contributed by atoms with Gasteiger partial charge in [-0.1, -0.05) is 17.7 Å². The summed E-state index contributed by atoms with van der Waals surface area (Å²) in [7, 11) is -3.57. The number of alkyl halides is 3. The molecule has 1 aromatic heterocycles. The third kappa shape index (κ3) is 5.94. The number of amides is 1. The van der Waals surface area contributed by atoms with Crippen LogP contribution in [0.15, 0.2) is 39.9 Å². The molecule has 30 heavy (non-hydrogen) atoms. The number of nitrogens with zero attached hydrogens (tertiary/aromatic N) is 1. The Labute approximate surface area is 181 Å². The van der Waals surface area contributed by atoms with Gasteiger partial charge in [0.2, 0.25) is 15.9 Å². The predicted octanol–water partition coefficient (Wildman–Crippen LogP) is 3.80. The van der Waals surface area contributed by atoms with Crippen LogP contribution < -0.4 is 10.0 Å².